The van der Waals surface area contributed by atoms with E-state index in [2.05, 4.69) is 17.4 Å². The van der Waals surface area contributed by atoms with Crippen LogP contribution in [-0.4, -0.2) is 73.9 Å². The zero-order valence-electron chi connectivity index (χ0n) is 40.9. The van der Waals surface area contributed by atoms with Gasteiger partial charge in [0, 0.05) is 6.42 Å². The minimum Gasteiger partial charge on any atom is -0.457 e. The number of unbranched alkanes of at least 4 members (excludes halogenated alkanes) is 7. The Hall–Kier alpha value is -5.05. The van der Waals surface area contributed by atoms with Crippen LogP contribution in [0.3, 0.4) is 0 Å². The molecule has 376 valence electrons. The Labute approximate surface area is 413 Å². The molecule has 0 spiro atoms. The van der Waals surface area contributed by atoms with Crippen LogP contribution in [0.5, 0.6) is 11.5 Å². The van der Waals surface area contributed by atoms with Crippen molar-refractivity contribution in [2.75, 3.05) is 13.2 Å². The van der Waals surface area contributed by atoms with Crippen LogP contribution in [0.2, 0.25) is 0 Å². The molecule has 1 N–H and O–H groups in total. The average molecular weight is 964 g/mol. The van der Waals surface area contributed by atoms with Crippen molar-refractivity contribution in [3.05, 3.63) is 168 Å². The number of rotatable bonds is 28. The number of hydrogen-bond donors (Lipinski definition) is 1. The fraction of sp³-hybridized carbons (Fsp3) is 0.466. The molecule has 10 nitrogen and oxygen atoms in total. The summed E-state index contributed by atoms with van der Waals surface area (Å²) in [4.78, 5) is 13.7. The highest BCUT2D eigenvalue weighted by Crippen LogP contribution is 2.34. The summed E-state index contributed by atoms with van der Waals surface area (Å²) in [5.74, 6) is 0.0748. The molecule has 0 aromatic heterocycles. The zero-order chi connectivity index (χ0) is 49.0. The highest BCUT2D eigenvalue weighted by molar-refractivity contribution is 5.76. The third kappa shape index (κ3) is 17.1. The molecule has 0 aliphatic carbocycles. The van der Waals surface area contributed by atoms with Gasteiger partial charge in [-0.25, -0.2) is 8.78 Å². The van der Waals surface area contributed by atoms with Gasteiger partial charge in [-0.2, -0.15) is 0 Å². The third-order valence-electron chi connectivity index (χ3n) is 12.7. The van der Waals surface area contributed by atoms with Crippen LogP contribution in [0.4, 0.5) is 8.78 Å². The second kappa shape index (κ2) is 27.5. The predicted octanol–water partition coefficient (Wildman–Crippen LogP) is 12.2. The molecule has 70 heavy (non-hydrogen) atoms. The summed E-state index contributed by atoms with van der Waals surface area (Å²) in [6.45, 7) is 6.15. The monoisotopic (exact) mass is 964 g/mol. The Morgan fingerprint density at radius 3 is 1.73 bits per heavy atom. The zero-order valence-corrected chi connectivity index (χ0v) is 40.9. The average Bonchev–Trinajstić information content (AvgIpc) is 3.66. The van der Waals surface area contributed by atoms with Gasteiger partial charge in [0.25, 0.3) is 0 Å². The molecule has 2 fully saturated rings. The maximum absolute atomic E-state index is 16.9. The summed E-state index contributed by atoms with van der Waals surface area (Å²) < 4.78 is 80.5. The van der Waals surface area contributed by atoms with E-state index in [1.807, 2.05) is 124 Å². The van der Waals surface area contributed by atoms with Crippen molar-refractivity contribution in [2.45, 2.75) is 160 Å². The van der Waals surface area contributed by atoms with Crippen LogP contribution >= 0.6 is 0 Å². The minimum atomic E-state index is -1.62. The third-order valence-corrected chi connectivity index (χ3v) is 12.7. The summed E-state index contributed by atoms with van der Waals surface area (Å²) >= 11 is 0. The fourth-order valence-electron chi connectivity index (χ4n) is 9.01. The van der Waals surface area contributed by atoms with Gasteiger partial charge in [-0.3, -0.25) is 4.79 Å². The van der Waals surface area contributed by atoms with Gasteiger partial charge in [-0.05, 0) is 98.7 Å². The maximum Gasteiger partial charge on any atom is 0.220 e. The molecule has 2 aliphatic rings. The predicted molar refractivity (Wildman–Crippen MR) is 265 cm³/mol. The van der Waals surface area contributed by atoms with Crippen molar-refractivity contribution in [3.8, 4) is 11.5 Å². The molecule has 12 heteroatoms. The summed E-state index contributed by atoms with van der Waals surface area (Å²) in [5.41, 5.74) is 4.01. The number of carbonyl (C=O) groups is 1. The second-order valence-electron chi connectivity index (χ2n) is 18.9. The molecule has 1 amide bonds. The molecule has 8 atom stereocenters. The Bertz CT molecular complexity index is 2240. The van der Waals surface area contributed by atoms with E-state index in [1.165, 1.54) is 24.1 Å². The number of benzene rings is 5. The molecular weight excluding hydrogens is 893 g/mol. The van der Waals surface area contributed by atoms with E-state index in [-0.39, 0.29) is 50.9 Å². The standard InChI is InChI=1S/C58H71F2NO9/c1-42-54(70-58(2,3)69-42)50(61-52(62)28-20-9-7-5-4-6-8-13-21-43-29-33-48(34-30-43)67-49-35-31-47(59)32-36-49)40-66-57-56(65-39-46-26-18-12-19-27-46)55(64-38-45-24-16-11-17-25-45)53(60)51(68-57)41-63-37-44-22-14-10-15-23-44/h10-12,14-19,22-27,29-36,42,50-51,53-57H,4-9,13,20-21,28,37-41H2,1-3H3,(H,61,62)/t42-,50+,51?,53-,54-,55?,56?,57+/m1/s1. The van der Waals surface area contributed by atoms with Crippen molar-refractivity contribution < 1.29 is 51.5 Å². The number of amides is 1. The normalized spacial score (nSPS) is 22.4. The molecule has 0 radical (unpaired) electrons. The lowest BCUT2D eigenvalue weighted by atomic mass is 9.99. The second-order valence-corrected chi connectivity index (χ2v) is 18.9. The van der Waals surface area contributed by atoms with E-state index in [0.29, 0.717) is 12.2 Å². The van der Waals surface area contributed by atoms with Crippen LogP contribution in [0.1, 0.15) is 101 Å². The Morgan fingerprint density at radius 1 is 0.629 bits per heavy atom. The Balaban J connectivity index is 0.910. The lowest BCUT2D eigenvalue weighted by Crippen LogP contribution is -2.60. The van der Waals surface area contributed by atoms with Gasteiger partial charge in [0.15, 0.2) is 18.2 Å². The molecule has 2 saturated heterocycles. The van der Waals surface area contributed by atoms with Gasteiger partial charge < -0.3 is 43.2 Å². The summed E-state index contributed by atoms with van der Waals surface area (Å²) in [5, 5.41) is 3.21. The highest BCUT2D eigenvalue weighted by atomic mass is 19.1. The van der Waals surface area contributed by atoms with Gasteiger partial charge in [0.05, 0.1) is 45.2 Å². The molecule has 5 aromatic rings. The van der Waals surface area contributed by atoms with Gasteiger partial charge in [-0.1, -0.05) is 142 Å². The largest absolute Gasteiger partial charge is 0.457 e. The first-order chi connectivity index (χ1) is 34.1. The maximum atomic E-state index is 16.9. The SMILES string of the molecule is C[C@H]1OC(C)(C)O[C@H]1[C@H](CO[C@H]1OC(COCc2ccccc2)[C@@H](F)C(OCc2ccccc2)C1OCc1ccccc1)NC(=O)CCCCCCCCCCc1ccc(Oc2ccc(F)cc2)cc1. The first kappa shape index (κ1) is 52.8. The first-order valence-electron chi connectivity index (χ1n) is 25.1. The number of aryl methyl sites for hydroxylation is 1. The number of alkyl halides is 1. The van der Waals surface area contributed by atoms with Crippen molar-refractivity contribution in [2.24, 2.45) is 0 Å². The van der Waals surface area contributed by atoms with Crippen molar-refractivity contribution in [1.82, 2.24) is 5.32 Å². The van der Waals surface area contributed by atoms with Crippen LogP contribution in [0.25, 0.3) is 0 Å². The molecule has 0 bridgehead atoms. The molecule has 5 aromatic carbocycles. The number of carbonyl (C=O) groups excluding carboxylic acids is 1. The van der Waals surface area contributed by atoms with Crippen LogP contribution in [-0.2, 0) is 64.2 Å². The van der Waals surface area contributed by atoms with E-state index in [0.717, 1.165) is 73.8 Å². The number of ether oxygens (including phenoxy) is 8. The molecule has 3 unspecified atom stereocenters. The fourth-order valence-corrected chi connectivity index (χ4v) is 9.01. The Morgan fingerprint density at radius 2 is 1.16 bits per heavy atom. The molecular formula is C58H71F2NO9. The number of hydrogen-bond acceptors (Lipinski definition) is 9. The van der Waals surface area contributed by atoms with Crippen molar-refractivity contribution >= 4 is 5.91 Å². The van der Waals surface area contributed by atoms with E-state index in [1.54, 1.807) is 12.1 Å². The van der Waals surface area contributed by atoms with Gasteiger partial charge in [-0.15, -0.1) is 0 Å². The van der Waals surface area contributed by atoms with Crippen molar-refractivity contribution in [3.63, 3.8) is 0 Å². The summed E-state index contributed by atoms with van der Waals surface area (Å²) in [7, 11) is 0. The van der Waals surface area contributed by atoms with Gasteiger partial charge >= 0.3 is 0 Å². The van der Waals surface area contributed by atoms with Crippen LogP contribution in [0, 0.1) is 5.82 Å². The van der Waals surface area contributed by atoms with Gasteiger partial charge in [0.2, 0.25) is 5.91 Å². The number of nitrogens with one attached hydrogen (secondary N) is 1. The Kier molecular flexibility index (Phi) is 20.7. The highest BCUT2D eigenvalue weighted by Gasteiger charge is 2.50. The molecule has 7 rings (SSSR count). The number of halogens is 2. The first-order valence-corrected chi connectivity index (χ1v) is 25.1. The van der Waals surface area contributed by atoms with Crippen molar-refractivity contribution in [1.29, 1.82) is 0 Å². The quantitative estimate of drug-likeness (QED) is 0.0491. The van der Waals surface area contributed by atoms with E-state index < -0.39 is 48.7 Å². The topological polar surface area (TPSA) is 103 Å². The van der Waals surface area contributed by atoms with Crippen LogP contribution in [0.15, 0.2) is 140 Å². The minimum absolute atomic E-state index is 0.0206. The van der Waals surface area contributed by atoms with Crippen LogP contribution < -0.4 is 10.1 Å². The summed E-state index contributed by atoms with van der Waals surface area (Å²) in [6.07, 6.45) is 3.17. The van der Waals surface area contributed by atoms with E-state index >= 15 is 4.39 Å². The smallest absolute Gasteiger partial charge is 0.220 e. The lowest BCUT2D eigenvalue weighted by molar-refractivity contribution is -0.313. The summed E-state index contributed by atoms with van der Waals surface area (Å²) in [6, 6.07) is 42.5. The molecule has 2 aliphatic heterocycles. The molecule has 0 saturated carbocycles. The molecule has 2 heterocycles. The lowest BCUT2D eigenvalue weighted by Gasteiger charge is -2.43. The van der Waals surface area contributed by atoms with E-state index in [4.69, 9.17) is 37.9 Å². The van der Waals surface area contributed by atoms with E-state index in [9.17, 15) is 9.18 Å². The van der Waals surface area contributed by atoms with Gasteiger partial charge in [0.1, 0.15) is 41.7 Å².